The summed E-state index contributed by atoms with van der Waals surface area (Å²) in [6.45, 7) is 8.26. The summed E-state index contributed by atoms with van der Waals surface area (Å²) in [6.07, 6.45) is 0.974. The summed E-state index contributed by atoms with van der Waals surface area (Å²) in [4.78, 5) is 15.8. The molecular weight excluding hydrogens is 553 g/mol. The van der Waals surface area contributed by atoms with E-state index < -0.39 is 11.7 Å². The molecule has 0 saturated carbocycles. The maximum absolute atomic E-state index is 14.0. The third-order valence-electron chi connectivity index (χ3n) is 8.02. The van der Waals surface area contributed by atoms with E-state index in [1.54, 1.807) is 7.11 Å². The number of hydrogen-bond acceptors (Lipinski definition) is 6. The van der Waals surface area contributed by atoms with Crippen LogP contribution in [0.5, 0.6) is 11.5 Å². The number of carbonyl (C=O) groups excluding carboxylic acids is 1. The van der Waals surface area contributed by atoms with Gasteiger partial charge < -0.3 is 15.2 Å². The molecular formula is C34H33ClFN3O3. The number of hydrogen-bond donors (Lipinski definition) is 1. The number of nitriles is 1. The van der Waals surface area contributed by atoms with Gasteiger partial charge in [0.1, 0.15) is 29.7 Å². The van der Waals surface area contributed by atoms with Crippen molar-refractivity contribution >= 4 is 23.1 Å². The minimum absolute atomic E-state index is 0.000815. The van der Waals surface area contributed by atoms with Crippen molar-refractivity contribution < 1.29 is 18.7 Å². The number of anilines is 1. The Bertz CT molecular complexity index is 1690. The standard InChI is InChI=1S/C34H33ClFN3O3/c1-19-12-20(2)25(13-21(19)18-42-30-11-6-22(36)14-27(30)35)31-26(17-37)33(38)39(23-7-9-24(41-5)10-8-23)28-15-34(3,4)16-29(40)32(28)31/h6-14,31H,15-16,18,38H2,1-5H3. The smallest absolute Gasteiger partial charge is 0.162 e. The lowest BCUT2D eigenvalue weighted by Gasteiger charge is -2.44. The van der Waals surface area contributed by atoms with Gasteiger partial charge in [-0.1, -0.05) is 37.6 Å². The molecule has 1 atom stereocenters. The lowest BCUT2D eigenvalue weighted by Crippen LogP contribution is -2.42. The number of rotatable bonds is 6. The molecule has 0 saturated heterocycles. The summed E-state index contributed by atoms with van der Waals surface area (Å²) >= 11 is 6.19. The summed E-state index contributed by atoms with van der Waals surface area (Å²) in [7, 11) is 1.60. The second kappa shape index (κ2) is 11.2. The van der Waals surface area contributed by atoms with Gasteiger partial charge in [-0.2, -0.15) is 5.26 Å². The summed E-state index contributed by atoms with van der Waals surface area (Å²) in [5.41, 5.74) is 12.6. The number of methoxy groups -OCH3 is 1. The summed E-state index contributed by atoms with van der Waals surface area (Å²) in [6, 6.07) is 17.8. The Morgan fingerprint density at radius 1 is 1.10 bits per heavy atom. The van der Waals surface area contributed by atoms with Crippen molar-refractivity contribution in [3.8, 4) is 17.6 Å². The average molecular weight is 586 g/mol. The molecule has 1 aliphatic carbocycles. The number of ether oxygens (including phenoxy) is 2. The van der Waals surface area contributed by atoms with E-state index in [1.165, 1.54) is 18.2 Å². The lowest BCUT2D eigenvalue weighted by atomic mass is 9.68. The number of carbonyl (C=O) groups is 1. The SMILES string of the molecule is COc1ccc(N2C(N)=C(C#N)C(c3cc(COc4ccc(F)cc4Cl)c(C)cc3C)C3=C2CC(C)(C)CC3=O)cc1. The molecule has 0 radical (unpaired) electrons. The average Bonchev–Trinajstić information content (AvgIpc) is 2.92. The molecule has 1 aliphatic heterocycles. The van der Waals surface area contributed by atoms with Gasteiger partial charge in [0.25, 0.3) is 0 Å². The number of allylic oxidation sites excluding steroid dienone is 3. The van der Waals surface area contributed by atoms with Crippen molar-refractivity contribution in [3.05, 3.63) is 110 Å². The Hall–Kier alpha value is -4.28. The van der Waals surface area contributed by atoms with E-state index in [4.69, 9.17) is 26.8 Å². The highest BCUT2D eigenvalue weighted by Crippen LogP contribution is 2.51. The zero-order chi connectivity index (χ0) is 30.3. The monoisotopic (exact) mass is 585 g/mol. The highest BCUT2D eigenvalue weighted by atomic mass is 35.5. The Labute approximate surface area is 250 Å². The number of benzene rings is 3. The second-order valence-electron chi connectivity index (χ2n) is 11.7. The van der Waals surface area contributed by atoms with Crippen molar-refractivity contribution in [2.45, 2.75) is 53.1 Å². The quantitative estimate of drug-likeness (QED) is 0.320. The highest BCUT2D eigenvalue weighted by Gasteiger charge is 2.45. The van der Waals surface area contributed by atoms with Crippen LogP contribution in [0.3, 0.4) is 0 Å². The second-order valence-corrected chi connectivity index (χ2v) is 12.1. The molecule has 0 fully saturated rings. The summed E-state index contributed by atoms with van der Waals surface area (Å²) < 4.78 is 24.8. The molecule has 3 aromatic rings. The molecule has 1 unspecified atom stereocenters. The van der Waals surface area contributed by atoms with E-state index in [1.807, 2.05) is 55.1 Å². The number of nitrogens with two attached hydrogens (primary N) is 1. The molecule has 42 heavy (non-hydrogen) atoms. The van der Waals surface area contributed by atoms with Gasteiger partial charge in [0.2, 0.25) is 0 Å². The Morgan fingerprint density at radius 2 is 1.81 bits per heavy atom. The largest absolute Gasteiger partial charge is 0.497 e. The molecule has 0 amide bonds. The van der Waals surface area contributed by atoms with E-state index >= 15 is 0 Å². The molecule has 0 spiro atoms. The molecule has 5 rings (SSSR count). The maximum atomic E-state index is 14.0. The summed E-state index contributed by atoms with van der Waals surface area (Å²) in [5.74, 6) is 0.285. The molecule has 2 aliphatic rings. The third kappa shape index (κ3) is 5.35. The first kappa shape index (κ1) is 29.2. The van der Waals surface area contributed by atoms with Gasteiger partial charge in [-0.25, -0.2) is 4.39 Å². The van der Waals surface area contributed by atoms with Gasteiger partial charge in [0.05, 0.1) is 29.7 Å². The topological polar surface area (TPSA) is 88.6 Å². The van der Waals surface area contributed by atoms with Crippen LogP contribution < -0.4 is 20.1 Å². The lowest BCUT2D eigenvalue weighted by molar-refractivity contribution is -0.118. The van der Waals surface area contributed by atoms with E-state index in [2.05, 4.69) is 19.9 Å². The number of nitrogens with zero attached hydrogens (tertiary/aromatic N) is 2. The van der Waals surface area contributed by atoms with E-state index in [-0.39, 0.29) is 22.8 Å². The maximum Gasteiger partial charge on any atom is 0.162 e. The zero-order valence-corrected chi connectivity index (χ0v) is 25.1. The first-order valence-corrected chi connectivity index (χ1v) is 14.1. The van der Waals surface area contributed by atoms with Crippen LogP contribution in [0.15, 0.2) is 77.3 Å². The number of ketones is 1. The fourth-order valence-corrected chi connectivity index (χ4v) is 6.20. The Kier molecular flexibility index (Phi) is 7.78. The highest BCUT2D eigenvalue weighted by molar-refractivity contribution is 6.32. The molecule has 6 nitrogen and oxygen atoms in total. The van der Waals surface area contributed by atoms with Crippen molar-refractivity contribution in [2.75, 3.05) is 12.0 Å². The fraction of sp³-hybridized carbons (Fsp3) is 0.294. The molecule has 2 N–H and O–H groups in total. The van der Waals surface area contributed by atoms with Crippen LogP contribution in [0.1, 0.15) is 54.9 Å². The fourth-order valence-electron chi connectivity index (χ4n) is 5.98. The van der Waals surface area contributed by atoms with Crippen molar-refractivity contribution in [3.63, 3.8) is 0 Å². The molecule has 0 aromatic heterocycles. The molecule has 3 aromatic carbocycles. The van der Waals surface area contributed by atoms with Crippen molar-refractivity contribution in [1.82, 2.24) is 0 Å². The predicted molar refractivity (Wildman–Crippen MR) is 162 cm³/mol. The first-order chi connectivity index (χ1) is 19.9. The third-order valence-corrected chi connectivity index (χ3v) is 8.32. The van der Waals surface area contributed by atoms with Crippen LogP contribution in [0.25, 0.3) is 0 Å². The van der Waals surface area contributed by atoms with Gasteiger partial charge in [0.15, 0.2) is 5.78 Å². The van der Waals surface area contributed by atoms with E-state index in [0.717, 1.165) is 33.6 Å². The zero-order valence-electron chi connectivity index (χ0n) is 24.3. The van der Waals surface area contributed by atoms with Crippen LogP contribution >= 0.6 is 11.6 Å². The van der Waals surface area contributed by atoms with Gasteiger partial charge in [-0.3, -0.25) is 9.69 Å². The van der Waals surface area contributed by atoms with Crippen molar-refractivity contribution in [2.24, 2.45) is 11.1 Å². The molecule has 0 bridgehead atoms. The van der Waals surface area contributed by atoms with Crippen molar-refractivity contribution in [1.29, 1.82) is 5.26 Å². The Morgan fingerprint density at radius 3 is 2.45 bits per heavy atom. The van der Waals surface area contributed by atoms with Crippen LogP contribution in [-0.4, -0.2) is 12.9 Å². The number of aryl methyl sites for hydroxylation is 2. The van der Waals surface area contributed by atoms with Crippen LogP contribution in [0.4, 0.5) is 10.1 Å². The van der Waals surface area contributed by atoms with E-state index in [9.17, 15) is 14.4 Å². The number of halogens is 2. The van der Waals surface area contributed by atoms with Gasteiger partial charge in [-0.05, 0) is 90.4 Å². The summed E-state index contributed by atoms with van der Waals surface area (Å²) in [5, 5.41) is 10.7. The van der Waals surface area contributed by atoms with Gasteiger partial charge >= 0.3 is 0 Å². The Balaban J connectivity index is 1.64. The first-order valence-electron chi connectivity index (χ1n) is 13.7. The number of Topliss-reactive ketones (excluding diaryl/α,β-unsaturated/α-hetero) is 1. The minimum Gasteiger partial charge on any atom is -0.497 e. The van der Waals surface area contributed by atoms with E-state index in [0.29, 0.717) is 41.3 Å². The minimum atomic E-state index is -0.628. The molecule has 216 valence electrons. The van der Waals surface area contributed by atoms with Crippen LogP contribution in [-0.2, 0) is 11.4 Å². The molecule has 8 heteroatoms. The van der Waals surface area contributed by atoms with Gasteiger partial charge in [-0.15, -0.1) is 0 Å². The van der Waals surface area contributed by atoms with Crippen LogP contribution in [0, 0.1) is 36.4 Å². The predicted octanol–water partition coefficient (Wildman–Crippen LogP) is 7.62. The molecule has 1 heterocycles. The van der Waals surface area contributed by atoms with Gasteiger partial charge in [0, 0.05) is 23.4 Å². The van der Waals surface area contributed by atoms with Crippen LogP contribution in [0.2, 0.25) is 5.02 Å². The normalized spacial score (nSPS) is 18.1.